The molecule has 4 aliphatic rings. The van der Waals surface area contributed by atoms with Gasteiger partial charge >= 0.3 is 12.1 Å². The molecule has 254 valence electrons. The van der Waals surface area contributed by atoms with E-state index in [0.29, 0.717) is 58.2 Å². The molecule has 1 atom stereocenters. The highest BCUT2D eigenvalue weighted by Gasteiger charge is 2.36. The minimum atomic E-state index is -0.635. The molecular weight excluding hydrogens is 590 g/mol. The molecule has 0 radical (unpaired) electrons. The number of hydrogen-bond acceptors (Lipinski definition) is 5. The second-order valence-corrected chi connectivity index (χ2v) is 13.9. The summed E-state index contributed by atoms with van der Waals surface area (Å²) in [6.45, 7) is 10.5. The Morgan fingerprint density at radius 1 is 0.851 bits per heavy atom. The van der Waals surface area contributed by atoms with E-state index in [2.05, 4.69) is 65.6 Å². The Balaban J connectivity index is 1.10. The van der Waals surface area contributed by atoms with Crippen LogP contribution in [0.2, 0.25) is 0 Å². The Morgan fingerprint density at radius 3 is 2.32 bits per heavy atom. The molecule has 0 unspecified atom stereocenters. The van der Waals surface area contributed by atoms with Crippen LogP contribution in [0.25, 0.3) is 0 Å². The SMILES string of the molecule is CCc1ccc(C[C@@H](NC(=O)N2CCC(N3CCc4ccccc4NC3=O)CC2)C(=O)N2CCN(C3CCN(C)CC3)C2)cc1CC. The predicted octanol–water partition coefficient (Wildman–Crippen LogP) is 4.18. The molecule has 10 nitrogen and oxygen atoms in total. The van der Waals surface area contributed by atoms with Crippen LogP contribution in [-0.2, 0) is 30.5 Å². The van der Waals surface area contributed by atoms with Gasteiger partial charge in [0.1, 0.15) is 6.04 Å². The number of hydrogen-bond donors (Lipinski definition) is 2. The van der Waals surface area contributed by atoms with E-state index in [1.807, 2.05) is 32.9 Å². The Labute approximate surface area is 280 Å². The standard InChI is InChI=1S/C37H53N7O3/c1-4-28-11-10-27(24-29(28)5-2)25-34(35(45)43-23-22-42(26-43)31-13-17-40(3)18-14-31)39-36(46)41-19-15-32(16-20-41)44-21-12-30-8-6-7-9-33(30)38-37(44)47/h6-11,24,31-32,34H,4-5,12-23,25-26H2,1-3H3,(H,38,47)(H,39,46)/t34-/m1/s1. The molecule has 3 saturated heterocycles. The van der Waals surface area contributed by atoms with Gasteiger partial charge in [0.05, 0.1) is 6.67 Å². The van der Waals surface area contributed by atoms with Crippen molar-refractivity contribution in [3.63, 3.8) is 0 Å². The van der Waals surface area contributed by atoms with Crippen LogP contribution >= 0.6 is 0 Å². The number of carbonyl (C=O) groups excluding carboxylic acids is 3. The second-order valence-electron chi connectivity index (χ2n) is 13.9. The summed E-state index contributed by atoms with van der Waals surface area (Å²) >= 11 is 0. The van der Waals surface area contributed by atoms with Gasteiger partial charge in [0, 0.05) is 56.9 Å². The van der Waals surface area contributed by atoms with Crippen LogP contribution in [0.4, 0.5) is 15.3 Å². The number of para-hydroxylation sites is 1. The number of amides is 5. The fourth-order valence-corrected chi connectivity index (χ4v) is 7.94. The van der Waals surface area contributed by atoms with Crippen molar-refractivity contribution in [2.45, 2.75) is 83.3 Å². The molecule has 6 rings (SSSR count). The molecule has 47 heavy (non-hydrogen) atoms. The van der Waals surface area contributed by atoms with E-state index in [1.54, 1.807) is 0 Å². The summed E-state index contributed by atoms with van der Waals surface area (Å²) < 4.78 is 0. The van der Waals surface area contributed by atoms with E-state index in [9.17, 15) is 14.4 Å². The van der Waals surface area contributed by atoms with Crippen LogP contribution in [0.3, 0.4) is 0 Å². The van der Waals surface area contributed by atoms with Crippen molar-refractivity contribution in [3.8, 4) is 0 Å². The van der Waals surface area contributed by atoms with Gasteiger partial charge in [0.15, 0.2) is 0 Å². The first-order valence-electron chi connectivity index (χ1n) is 17.9. The first-order valence-corrected chi connectivity index (χ1v) is 17.9. The van der Waals surface area contributed by atoms with Crippen LogP contribution < -0.4 is 10.6 Å². The summed E-state index contributed by atoms with van der Waals surface area (Å²) in [6, 6.07) is 14.2. The summed E-state index contributed by atoms with van der Waals surface area (Å²) in [4.78, 5) is 51.6. The number of urea groups is 2. The van der Waals surface area contributed by atoms with E-state index < -0.39 is 6.04 Å². The molecule has 0 saturated carbocycles. The van der Waals surface area contributed by atoms with E-state index >= 15 is 0 Å². The maximum atomic E-state index is 14.2. The van der Waals surface area contributed by atoms with Gasteiger partial charge in [-0.05, 0) is 93.4 Å². The van der Waals surface area contributed by atoms with Gasteiger partial charge in [-0.1, -0.05) is 50.2 Å². The van der Waals surface area contributed by atoms with Crippen LogP contribution in [0, 0.1) is 0 Å². The minimum Gasteiger partial charge on any atom is -0.327 e. The average molecular weight is 644 g/mol. The topological polar surface area (TPSA) is 91.5 Å². The fourth-order valence-electron chi connectivity index (χ4n) is 7.94. The third-order valence-corrected chi connectivity index (χ3v) is 10.9. The van der Waals surface area contributed by atoms with Crippen molar-refractivity contribution in [2.75, 3.05) is 64.8 Å². The lowest BCUT2D eigenvalue weighted by Gasteiger charge is -2.38. The minimum absolute atomic E-state index is 0.00193. The molecule has 2 N–H and O–H groups in total. The van der Waals surface area contributed by atoms with Crippen LogP contribution in [0.1, 0.15) is 61.8 Å². The largest absolute Gasteiger partial charge is 0.327 e. The van der Waals surface area contributed by atoms with Crippen LogP contribution in [0.5, 0.6) is 0 Å². The molecule has 3 fully saturated rings. The van der Waals surface area contributed by atoms with E-state index in [4.69, 9.17) is 0 Å². The third kappa shape index (κ3) is 7.75. The van der Waals surface area contributed by atoms with Gasteiger partial charge in [0.2, 0.25) is 5.91 Å². The molecule has 0 aromatic heterocycles. The smallest absolute Gasteiger partial charge is 0.322 e. The molecule has 5 amide bonds. The van der Waals surface area contributed by atoms with Gasteiger partial charge in [-0.25, -0.2) is 9.59 Å². The molecule has 2 aromatic carbocycles. The van der Waals surface area contributed by atoms with Gasteiger partial charge < -0.3 is 30.2 Å². The molecule has 0 spiro atoms. The van der Waals surface area contributed by atoms with Crippen molar-refractivity contribution in [1.29, 1.82) is 0 Å². The van der Waals surface area contributed by atoms with Gasteiger partial charge in [-0.15, -0.1) is 0 Å². The summed E-state index contributed by atoms with van der Waals surface area (Å²) in [5.74, 6) is 0.00193. The zero-order valence-corrected chi connectivity index (χ0v) is 28.5. The highest BCUT2D eigenvalue weighted by molar-refractivity contribution is 5.91. The maximum Gasteiger partial charge on any atom is 0.322 e. The summed E-state index contributed by atoms with van der Waals surface area (Å²) in [5.41, 5.74) is 5.76. The summed E-state index contributed by atoms with van der Waals surface area (Å²) in [6.07, 6.45) is 6.88. The molecule has 10 heteroatoms. The zero-order valence-electron chi connectivity index (χ0n) is 28.5. The fraction of sp³-hybridized carbons (Fsp3) is 0.595. The lowest BCUT2D eigenvalue weighted by molar-refractivity contribution is -0.133. The lowest BCUT2D eigenvalue weighted by Crippen LogP contribution is -2.56. The number of likely N-dealkylation sites (tertiary alicyclic amines) is 2. The van der Waals surface area contributed by atoms with Crippen molar-refractivity contribution in [1.82, 2.24) is 29.8 Å². The van der Waals surface area contributed by atoms with Crippen molar-refractivity contribution in [3.05, 3.63) is 64.7 Å². The first kappa shape index (κ1) is 33.3. The number of fused-ring (bicyclic) bond motifs is 1. The van der Waals surface area contributed by atoms with Gasteiger partial charge in [-0.2, -0.15) is 0 Å². The average Bonchev–Trinajstić information content (AvgIpc) is 3.52. The number of nitrogens with one attached hydrogen (secondary N) is 2. The number of aryl methyl sites for hydroxylation is 2. The number of nitrogens with zero attached hydrogens (tertiary/aromatic N) is 5. The number of anilines is 1. The monoisotopic (exact) mass is 643 g/mol. The number of carbonyl (C=O) groups is 3. The lowest BCUT2D eigenvalue weighted by atomic mass is 9.96. The molecule has 4 heterocycles. The van der Waals surface area contributed by atoms with E-state index in [-0.39, 0.29) is 24.0 Å². The highest BCUT2D eigenvalue weighted by Crippen LogP contribution is 2.25. The van der Waals surface area contributed by atoms with Gasteiger partial charge in [-0.3, -0.25) is 9.69 Å². The Hall–Kier alpha value is -3.63. The van der Waals surface area contributed by atoms with E-state index in [0.717, 1.165) is 68.6 Å². The van der Waals surface area contributed by atoms with Crippen molar-refractivity contribution in [2.24, 2.45) is 0 Å². The normalized spacial score (nSPS) is 20.9. The Morgan fingerprint density at radius 2 is 1.57 bits per heavy atom. The first-order chi connectivity index (χ1) is 22.8. The summed E-state index contributed by atoms with van der Waals surface area (Å²) in [7, 11) is 2.17. The molecule has 2 aromatic rings. The molecular formula is C37H53N7O3. The third-order valence-electron chi connectivity index (χ3n) is 10.9. The zero-order chi connectivity index (χ0) is 32.9. The van der Waals surface area contributed by atoms with Gasteiger partial charge in [0.25, 0.3) is 0 Å². The number of piperidine rings is 2. The van der Waals surface area contributed by atoms with Crippen molar-refractivity contribution < 1.29 is 14.4 Å². The maximum absolute atomic E-state index is 14.2. The predicted molar refractivity (Wildman–Crippen MR) is 185 cm³/mol. The van der Waals surface area contributed by atoms with E-state index in [1.165, 1.54) is 11.1 Å². The highest BCUT2D eigenvalue weighted by atomic mass is 16.2. The Bertz CT molecular complexity index is 1420. The summed E-state index contributed by atoms with van der Waals surface area (Å²) in [5, 5.41) is 6.26. The molecule has 0 bridgehead atoms. The number of rotatable bonds is 8. The Kier molecular flexibility index (Phi) is 10.7. The second kappa shape index (κ2) is 15.1. The van der Waals surface area contributed by atoms with Crippen LogP contribution in [-0.4, -0.2) is 120 Å². The number of benzene rings is 2. The quantitative estimate of drug-likeness (QED) is 0.451. The molecule has 4 aliphatic heterocycles. The molecule has 0 aliphatic carbocycles. The van der Waals surface area contributed by atoms with Crippen molar-refractivity contribution >= 4 is 23.7 Å². The van der Waals surface area contributed by atoms with Crippen LogP contribution in [0.15, 0.2) is 42.5 Å².